The molecule has 1 saturated heterocycles. The molecule has 0 saturated carbocycles. The second-order valence-corrected chi connectivity index (χ2v) is 6.54. The monoisotopic (exact) mass is 386 g/mol. The maximum Gasteiger partial charge on any atom is 0.319 e. The Balaban J connectivity index is 1.84. The van der Waals surface area contributed by atoms with E-state index >= 15 is 0 Å². The van der Waals surface area contributed by atoms with E-state index < -0.39 is 23.8 Å². The third-order valence-electron chi connectivity index (χ3n) is 4.59. The number of aromatic nitrogens is 1. The number of piperazine rings is 1. The standard InChI is InChI=1S/C17H18F4N4O2/c1-11-9-14(12-3-2-4-13(25(26)27)15(12)22-11)24-7-5-23(6-8-24)10-17(20,21)16(18)19/h2-4,9,16H,5-8,10H2,1H3. The lowest BCUT2D eigenvalue weighted by Gasteiger charge is -2.37. The Bertz CT molecular complexity index is 854. The number of alkyl halides is 4. The van der Waals surface area contributed by atoms with Crippen LogP contribution in [0.15, 0.2) is 24.3 Å². The number of rotatable bonds is 5. The summed E-state index contributed by atoms with van der Waals surface area (Å²) < 4.78 is 51.3. The molecule has 0 N–H and O–H groups in total. The summed E-state index contributed by atoms with van der Waals surface area (Å²) in [7, 11) is 0. The molecule has 1 aliphatic rings. The maximum absolute atomic E-state index is 13.3. The zero-order valence-electron chi connectivity index (χ0n) is 14.5. The molecule has 1 aliphatic heterocycles. The van der Waals surface area contributed by atoms with Crippen LogP contribution in [0.25, 0.3) is 10.9 Å². The molecule has 1 fully saturated rings. The van der Waals surface area contributed by atoms with Gasteiger partial charge in [0.2, 0.25) is 0 Å². The first-order valence-electron chi connectivity index (χ1n) is 8.37. The normalized spacial score (nSPS) is 16.3. The summed E-state index contributed by atoms with van der Waals surface area (Å²) in [5.41, 5.74) is 1.48. The van der Waals surface area contributed by atoms with Crippen molar-refractivity contribution in [2.75, 3.05) is 37.6 Å². The second-order valence-electron chi connectivity index (χ2n) is 6.54. The summed E-state index contributed by atoms with van der Waals surface area (Å²) in [6.45, 7) is 1.82. The highest BCUT2D eigenvalue weighted by atomic mass is 19.3. The van der Waals surface area contributed by atoms with E-state index in [1.807, 2.05) is 4.90 Å². The lowest BCUT2D eigenvalue weighted by atomic mass is 10.1. The van der Waals surface area contributed by atoms with E-state index in [9.17, 15) is 27.7 Å². The Morgan fingerprint density at radius 3 is 2.52 bits per heavy atom. The van der Waals surface area contributed by atoms with Crippen molar-refractivity contribution in [2.45, 2.75) is 19.3 Å². The molecule has 1 aromatic heterocycles. The number of nitro benzene ring substituents is 1. The summed E-state index contributed by atoms with van der Waals surface area (Å²) in [6, 6.07) is 6.46. The highest BCUT2D eigenvalue weighted by molar-refractivity contribution is 5.97. The number of benzene rings is 1. The summed E-state index contributed by atoms with van der Waals surface area (Å²) in [5.74, 6) is -4.04. The zero-order valence-corrected chi connectivity index (χ0v) is 14.5. The van der Waals surface area contributed by atoms with Crippen LogP contribution < -0.4 is 4.90 Å². The number of non-ortho nitro benzene ring substituents is 1. The van der Waals surface area contributed by atoms with Gasteiger partial charge in [-0.05, 0) is 13.0 Å². The van der Waals surface area contributed by atoms with Gasteiger partial charge in [0.25, 0.3) is 5.69 Å². The van der Waals surface area contributed by atoms with E-state index in [2.05, 4.69) is 4.98 Å². The quantitative estimate of drug-likeness (QED) is 0.447. The van der Waals surface area contributed by atoms with Gasteiger partial charge in [-0.25, -0.2) is 13.8 Å². The number of pyridine rings is 1. The van der Waals surface area contributed by atoms with Crippen molar-refractivity contribution in [2.24, 2.45) is 0 Å². The Hall–Kier alpha value is -2.49. The van der Waals surface area contributed by atoms with E-state index in [1.54, 1.807) is 25.1 Å². The van der Waals surface area contributed by atoms with Crippen LogP contribution >= 0.6 is 0 Å². The van der Waals surface area contributed by atoms with Gasteiger partial charge in [-0.3, -0.25) is 15.0 Å². The molecule has 27 heavy (non-hydrogen) atoms. The molecule has 0 spiro atoms. The number of fused-ring (bicyclic) bond motifs is 1. The van der Waals surface area contributed by atoms with E-state index in [4.69, 9.17) is 0 Å². The van der Waals surface area contributed by atoms with Crippen LogP contribution in [0.4, 0.5) is 28.9 Å². The van der Waals surface area contributed by atoms with Crippen molar-refractivity contribution >= 4 is 22.3 Å². The molecule has 0 atom stereocenters. The fourth-order valence-corrected chi connectivity index (χ4v) is 3.26. The van der Waals surface area contributed by atoms with E-state index in [0.717, 1.165) is 5.69 Å². The molecule has 10 heteroatoms. The van der Waals surface area contributed by atoms with Gasteiger partial charge in [0, 0.05) is 49.0 Å². The van der Waals surface area contributed by atoms with Gasteiger partial charge in [0.05, 0.1) is 11.5 Å². The summed E-state index contributed by atoms with van der Waals surface area (Å²) >= 11 is 0. The fourth-order valence-electron chi connectivity index (χ4n) is 3.26. The minimum atomic E-state index is -4.04. The summed E-state index contributed by atoms with van der Waals surface area (Å²) in [6.07, 6.45) is -3.69. The molecule has 146 valence electrons. The molecule has 0 unspecified atom stereocenters. The highest BCUT2D eigenvalue weighted by Crippen LogP contribution is 2.33. The molecule has 3 rings (SSSR count). The molecule has 0 bridgehead atoms. The van der Waals surface area contributed by atoms with Crippen molar-refractivity contribution < 1.29 is 22.5 Å². The predicted molar refractivity (Wildman–Crippen MR) is 92.7 cm³/mol. The van der Waals surface area contributed by atoms with Crippen LogP contribution in [0.2, 0.25) is 0 Å². The molecular formula is C17H18F4N4O2. The molecule has 0 radical (unpaired) electrons. The number of aryl methyl sites for hydroxylation is 1. The van der Waals surface area contributed by atoms with Gasteiger partial charge < -0.3 is 4.90 Å². The maximum atomic E-state index is 13.3. The molecule has 6 nitrogen and oxygen atoms in total. The average Bonchev–Trinajstić information content (AvgIpc) is 2.60. The van der Waals surface area contributed by atoms with Crippen LogP contribution in [-0.2, 0) is 0 Å². The lowest BCUT2D eigenvalue weighted by molar-refractivity contribution is -0.383. The first-order chi connectivity index (χ1) is 12.7. The number of nitro groups is 1. The Morgan fingerprint density at radius 2 is 1.93 bits per heavy atom. The lowest BCUT2D eigenvalue weighted by Crippen LogP contribution is -2.51. The first-order valence-corrected chi connectivity index (χ1v) is 8.37. The van der Waals surface area contributed by atoms with Crippen LogP contribution in [0.1, 0.15) is 5.69 Å². The van der Waals surface area contributed by atoms with Crippen molar-refractivity contribution in [1.29, 1.82) is 0 Å². The predicted octanol–water partition coefficient (Wildman–Crippen LogP) is 3.47. The molecular weight excluding hydrogens is 368 g/mol. The van der Waals surface area contributed by atoms with Gasteiger partial charge >= 0.3 is 12.3 Å². The molecule has 1 aromatic carbocycles. The summed E-state index contributed by atoms with van der Waals surface area (Å²) in [5, 5.41) is 11.9. The number of halogens is 4. The Kier molecular flexibility index (Phi) is 5.18. The minimum Gasteiger partial charge on any atom is -0.368 e. The minimum absolute atomic E-state index is 0.104. The number of hydrogen-bond donors (Lipinski definition) is 0. The van der Waals surface area contributed by atoms with Crippen molar-refractivity contribution in [3.63, 3.8) is 0 Å². The van der Waals surface area contributed by atoms with Gasteiger partial charge in [-0.1, -0.05) is 12.1 Å². The third kappa shape index (κ3) is 3.95. The Labute approximate surface area is 152 Å². The molecule has 2 heterocycles. The van der Waals surface area contributed by atoms with Crippen LogP contribution in [0.5, 0.6) is 0 Å². The van der Waals surface area contributed by atoms with Gasteiger partial charge in [-0.15, -0.1) is 0 Å². The van der Waals surface area contributed by atoms with Gasteiger partial charge in [0.1, 0.15) is 0 Å². The van der Waals surface area contributed by atoms with Crippen LogP contribution in [-0.4, -0.2) is 59.9 Å². The smallest absolute Gasteiger partial charge is 0.319 e. The zero-order chi connectivity index (χ0) is 19.8. The third-order valence-corrected chi connectivity index (χ3v) is 4.59. The molecule has 2 aromatic rings. The summed E-state index contributed by atoms with van der Waals surface area (Å²) in [4.78, 5) is 18.3. The Morgan fingerprint density at radius 1 is 1.26 bits per heavy atom. The average molecular weight is 386 g/mol. The first kappa shape index (κ1) is 19.3. The van der Waals surface area contributed by atoms with Gasteiger partial charge in [-0.2, -0.15) is 8.78 Å². The van der Waals surface area contributed by atoms with E-state index in [1.165, 1.54) is 11.0 Å². The van der Waals surface area contributed by atoms with Crippen molar-refractivity contribution in [1.82, 2.24) is 9.88 Å². The van der Waals surface area contributed by atoms with E-state index in [-0.39, 0.29) is 24.3 Å². The molecule has 0 aliphatic carbocycles. The second kappa shape index (κ2) is 7.26. The number of para-hydroxylation sites is 1. The van der Waals surface area contributed by atoms with Crippen molar-refractivity contribution in [3.8, 4) is 0 Å². The largest absolute Gasteiger partial charge is 0.368 e. The number of anilines is 1. The molecule has 0 amide bonds. The SMILES string of the molecule is Cc1cc(N2CCN(CC(F)(F)C(F)F)CC2)c2cccc([N+](=O)[O-])c2n1. The number of hydrogen-bond acceptors (Lipinski definition) is 5. The topological polar surface area (TPSA) is 62.5 Å². The number of nitrogens with zero attached hydrogens (tertiary/aromatic N) is 4. The van der Waals surface area contributed by atoms with Crippen LogP contribution in [0, 0.1) is 17.0 Å². The van der Waals surface area contributed by atoms with E-state index in [0.29, 0.717) is 24.2 Å². The van der Waals surface area contributed by atoms with Crippen molar-refractivity contribution in [3.05, 3.63) is 40.1 Å². The van der Waals surface area contributed by atoms with Gasteiger partial charge in [0.15, 0.2) is 5.52 Å². The highest BCUT2D eigenvalue weighted by Gasteiger charge is 2.42. The van der Waals surface area contributed by atoms with Crippen LogP contribution in [0.3, 0.4) is 0 Å². The fraction of sp³-hybridized carbons (Fsp3) is 0.471.